The molecule has 0 unspecified atom stereocenters. The van der Waals surface area contributed by atoms with Crippen LogP contribution in [0.3, 0.4) is 0 Å². The Balaban J connectivity index is 1.97. The standard InChI is InChI=1S/C21H15Cl2NS/c1-14-21(25-18-8-3-2-4-9-18)19-11-10-16(23)13-20(19)24(14)17-7-5-6-15(22)12-17/h2-13H,1H3. The first-order valence-electron chi connectivity index (χ1n) is 7.93. The second-order valence-corrected chi connectivity index (χ2v) is 7.76. The van der Waals surface area contributed by atoms with Crippen molar-refractivity contribution in [3.05, 3.63) is 88.5 Å². The van der Waals surface area contributed by atoms with Gasteiger partial charge in [0.25, 0.3) is 0 Å². The van der Waals surface area contributed by atoms with Gasteiger partial charge in [0.1, 0.15) is 0 Å². The number of nitrogens with zero attached hydrogens (tertiary/aromatic N) is 1. The predicted octanol–water partition coefficient (Wildman–Crippen LogP) is 7.40. The molecular weight excluding hydrogens is 369 g/mol. The van der Waals surface area contributed by atoms with Gasteiger partial charge in [0.2, 0.25) is 0 Å². The third kappa shape index (κ3) is 3.18. The van der Waals surface area contributed by atoms with Crippen molar-refractivity contribution in [3.8, 4) is 5.69 Å². The number of hydrogen-bond acceptors (Lipinski definition) is 1. The number of halogens is 2. The molecule has 3 aromatic carbocycles. The summed E-state index contributed by atoms with van der Waals surface area (Å²) in [7, 11) is 0. The van der Waals surface area contributed by atoms with Gasteiger partial charge in [-0.25, -0.2) is 0 Å². The van der Waals surface area contributed by atoms with Crippen molar-refractivity contribution >= 4 is 45.9 Å². The molecule has 1 nitrogen and oxygen atoms in total. The smallest absolute Gasteiger partial charge is 0.0558 e. The van der Waals surface area contributed by atoms with Crippen molar-refractivity contribution in [3.63, 3.8) is 0 Å². The van der Waals surface area contributed by atoms with Gasteiger partial charge < -0.3 is 4.57 Å². The van der Waals surface area contributed by atoms with E-state index in [-0.39, 0.29) is 0 Å². The van der Waals surface area contributed by atoms with Gasteiger partial charge in [0.05, 0.1) is 5.52 Å². The van der Waals surface area contributed by atoms with Gasteiger partial charge in [-0.1, -0.05) is 65.3 Å². The molecule has 1 heterocycles. The van der Waals surface area contributed by atoms with E-state index < -0.39 is 0 Å². The number of benzene rings is 3. The highest BCUT2D eigenvalue weighted by Gasteiger charge is 2.17. The summed E-state index contributed by atoms with van der Waals surface area (Å²) in [5, 5.41) is 2.64. The highest BCUT2D eigenvalue weighted by molar-refractivity contribution is 7.99. The van der Waals surface area contributed by atoms with Gasteiger partial charge >= 0.3 is 0 Å². The molecule has 0 aliphatic carbocycles. The Morgan fingerprint density at radius 1 is 0.800 bits per heavy atom. The average Bonchev–Trinajstić information content (AvgIpc) is 2.87. The van der Waals surface area contributed by atoms with Gasteiger partial charge in [-0.3, -0.25) is 0 Å². The molecule has 0 saturated carbocycles. The van der Waals surface area contributed by atoms with Gasteiger partial charge in [0.15, 0.2) is 0 Å². The van der Waals surface area contributed by atoms with Gasteiger partial charge in [0, 0.05) is 36.6 Å². The summed E-state index contributed by atoms with van der Waals surface area (Å²) < 4.78 is 2.22. The molecule has 4 heteroatoms. The Kier molecular flexibility index (Phi) is 4.51. The summed E-state index contributed by atoms with van der Waals surface area (Å²) in [6.45, 7) is 2.14. The van der Waals surface area contributed by atoms with Crippen LogP contribution in [0.25, 0.3) is 16.6 Å². The fraction of sp³-hybridized carbons (Fsp3) is 0.0476. The topological polar surface area (TPSA) is 4.93 Å². The molecule has 0 aliphatic rings. The van der Waals surface area contributed by atoms with Crippen LogP contribution in [0, 0.1) is 6.92 Å². The van der Waals surface area contributed by atoms with E-state index in [2.05, 4.69) is 47.9 Å². The van der Waals surface area contributed by atoms with E-state index >= 15 is 0 Å². The molecule has 0 aliphatic heterocycles. The van der Waals surface area contributed by atoms with Crippen LogP contribution in [0.1, 0.15) is 5.69 Å². The average molecular weight is 384 g/mol. The molecule has 0 atom stereocenters. The molecule has 0 bridgehead atoms. The highest BCUT2D eigenvalue weighted by Crippen LogP contribution is 2.40. The lowest BCUT2D eigenvalue weighted by atomic mass is 10.2. The summed E-state index contributed by atoms with van der Waals surface area (Å²) >= 11 is 14.3. The molecule has 0 radical (unpaired) electrons. The SMILES string of the molecule is Cc1c(Sc2ccccc2)c2ccc(Cl)cc2n1-c1cccc(Cl)c1. The maximum absolute atomic E-state index is 6.28. The third-order valence-electron chi connectivity index (χ3n) is 4.14. The van der Waals surface area contributed by atoms with E-state index in [0.717, 1.165) is 21.2 Å². The van der Waals surface area contributed by atoms with E-state index in [0.29, 0.717) is 0 Å². The molecule has 1 aromatic heterocycles. The minimum absolute atomic E-state index is 0.720. The molecule has 0 fully saturated rings. The van der Waals surface area contributed by atoms with E-state index in [1.54, 1.807) is 11.8 Å². The first-order chi connectivity index (χ1) is 12.1. The van der Waals surface area contributed by atoms with Crippen LogP contribution in [-0.2, 0) is 0 Å². The summed E-state index contributed by atoms with van der Waals surface area (Å²) in [6, 6.07) is 24.4. The minimum atomic E-state index is 0.720. The second kappa shape index (κ2) is 6.80. The largest absolute Gasteiger partial charge is 0.313 e. The van der Waals surface area contributed by atoms with Crippen LogP contribution in [-0.4, -0.2) is 4.57 Å². The Labute approximate surface area is 161 Å². The zero-order valence-corrected chi connectivity index (χ0v) is 15.9. The van der Waals surface area contributed by atoms with Crippen molar-refractivity contribution in [1.82, 2.24) is 4.57 Å². The lowest BCUT2D eigenvalue weighted by Gasteiger charge is -2.09. The predicted molar refractivity (Wildman–Crippen MR) is 109 cm³/mol. The van der Waals surface area contributed by atoms with Crippen LogP contribution in [0.2, 0.25) is 10.0 Å². The van der Waals surface area contributed by atoms with Gasteiger partial charge in [-0.05, 0) is 49.4 Å². The van der Waals surface area contributed by atoms with Gasteiger partial charge in [-0.15, -0.1) is 0 Å². The Bertz CT molecular complexity index is 1050. The minimum Gasteiger partial charge on any atom is -0.313 e. The molecule has 0 saturated heterocycles. The zero-order chi connectivity index (χ0) is 17.4. The Morgan fingerprint density at radius 2 is 1.56 bits per heavy atom. The zero-order valence-electron chi connectivity index (χ0n) is 13.5. The van der Waals surface area contributed by atoms with Crippen molar-refractivity contribution < 1.29 is 0 Å². The van der Waals surface area contributed by atoms with Gasteiger partial charge in [-0.2, -0.15) is 0 Å². The summed E-state index contributed by atoms with van der Waals surface area (Å²) in [5.74, 6) is 0. The fourth-order valence-corrected chi connectivity index (χ4v) is 4.44. The van der Waals surface area contributed by atoms with Crippen LogP contribution in [0.4, 0.5) is 0 Å². The molecule has 124 valence electrons. The quantitative estimate of drug-likeness (QED) is 0.356. The van der Waals surface area contributed by atoms with Crippen LogP contribution < -0.4 is 0 Å². The van der Waals surface area contributed by atoms with E-state index in [4.69, 9.17) is 23.2 Å². The number of aromatic nitrogens is 1. The molecule has 4 rings (SSSR count). The normalized spacial score (nSPS) is 11.2. The fourth-order valence-electron chi connectivity index (χ4n) is 3.04. The first-order valence-corrected chi connectivity index (χ1v) is 9.50. The first kappa shape index (κ1) is 16.6. The van der Waals surface area contributed by atoms with Crippen LogP contribution in [0.15, 0.2) is 82.6 Å². The lowest BCUT2D eigenvalue weighted by Crippen LogP contribution is -1.96. The summed E-state index contributed by atoms with van der Waals surface area (Å²) in [6.07, 6.45) is 0. The third-order valence-corrected chi connectivity index (χ3v) is 5.84. The number of fused-ring (bicyclic) bond motifs is 1. The van der Waals surface area contributed by atoms with Crippen molar-refractivity contribution in [2.24, 2.45) is 0 Å². The second-order valence-electron chi connectivity index (χ2n) is 5.81. The molecule has 0 amide bonds. The van der Waals surface area contributed by atoms with Crippen LogP contribution >= 0.6 is 35.0 Å². The Morgan fingerprint density at radius 3 is 2.32 bits per heavy atom. The highest BCUT2D eigenvalue weighted by atomic mass is 35.5. The molecule has 0 N–H and O–H groups in total. The van der Waals surface area contributed by atoms with Crippen LogP contribution in [0.5, 0.6) is 0 Å². The van der Waals surface area contributed by atoms with E-state index in [1.165, 1.54) is 20.9 Å². The van der Waals surface area contributed by atoms with E-state index in [1.807, 2.05) is 36.4 Å². The summed E-state index contributed by atoms with van der Waals surface area (Å²) in [4.78, 5) is 2.45. The molecule has 25 heavy (non-hydrogen) atoms. The molecular formula is C21H15Cl2NS. The Hall–Kier alpha value is -1.87. The van der Waals surface area contributed by atoms with E-state index in [9.17, 15) is 0 Å². The number of hydrogen-bond donors (Lipinski definition) is 0. The monoisotopic (exact) mass is 383 g/mol. The molecule has 0 spiro atoms. The van der Waals surface area contributed by atoms with Crippen molar-refractivity contribution in [2.45, 2.75) is 16.7 Å². The number of rotatable bonds is 3. The maximum Gasteiger partial charge on any atom is 0.0558 e. The molecule has 4 aromatic rings. The summed E-state index contributed by atoms with van der Waals surface area (Å²) in [5.41, 5.74) is 3.30. The lowest BCUT2D eigenvalue weighted by molar-refractivity contribution is 1.02. The maximum atomic E-state index is 6.28. The van der Waals surface area contributed by atoms with Crippen molar-refractivity contribution in [1.29, 1.82) is 0 Å². The van der Waals surface area contributed by atoms with Crippen molar-refractivity contribution in [2.75, 3.05) is 0 Å².